The van der Waals surface area contributed by atoms with Crippen LogP contribution in [-0.4, -0.2) is 19.5 Å². The molecule has 0 aliphatic carbocycles. The first-order chi connectivity index (χ1) is 28.9. The van der Waals surface area contributed by atoms with E-state index in [-0.39, 0.29) is 28.6 Å². The summed E-state index contributed by atoms with van der Waals surface area (Å²) in [6.07, 6.45) is 0. The molecule has 5 nitrogen and oxygen atoms in total. The molecule has 5 heteroatoms. The van der Waals surface area contributed by atoms with Crippen LogP contribution in [0.1, 0.15) is 13.7 Å². The molecule has 0 saturated carbocycles. The minimum Gasteiger partial charge on any atom is -0.456 e. The quantitative estimate of drug-likeness (QED) is 0.186. The summed E-state index contributed by atoms with van der Waals surface area (Å²) >= 11 is 0. The second-order valence-electron chi connectivity index (χ2n) is 11.7. The van der Waals surface area contributed by atoms with Crippen LogP contribution in [0.3, 0.4) is 0 Å². The number of fused-ring (bicyclic) bond motifs is 6. The summed E-state index contributed by atoms with van der Waals surface area (Å²) in [6.45, 7) is 0. The predicted octanol–water partition coefficient (Wildman–Crippen LogP) is 11.5. The lowest BCUT2D eigenvalue weighted by atomic mass is 10.0. The molecule has 3 aromatic heterocycles. The summed E-state index contributed by atoms with van der Waals surface area (Å²) in [5, 5.41) is 4.38. The molecule has 0 atom stereocenters. The average molecular weight is 651 g/mol. The van der Waals surface area contributed by atoms with Crippen molar-refractivity contribution < 1.29 is 18.1 Å². The topological polar surface area (TPSA) is 56.7 Å². The van der Waals surface area contributed by atoms with E-state index in [0.29, 0.717) is 5.56 Å². The summed E-state index contributed by atoms with van der Waals surface area (Å²) in [7, 11) is 0. The SMILES string of the molecule is [2H]c1c([2H])c([2H])c(-c2nc(-c3ccc(-c4ccc(-n5c6ccccc6c6cc7c(cc65)oc5ccccc57)cc4)cc3)nc(-c3c([2H])c([2H])c([2H])c([2H])c3[2H])n2)c([2H])c1[2H]. The minimum atomic E-state index is -0.602. The molecule has 3 heterocycles. The highest BCUT2D eigenvalue weighted by Crippen LogP contribution is 2.38. The lowest BCUT2D eigenvalue weighted by Gasteiger charge is -2.10. The molecule has 0 aliphatic heterocycles. The number of hydrogen-bond acceptors (Lipinski definition) is 4. The molecule has 0 radical (unpaired) electrons. The van der Waals surface area contributed by atoms with Crippen molar-refractivity contribution >= 4 is 43.7 Å². The fraction of sp³-hybridized carbons (Fsp3) is 0. The number of furan rings is 1. The van der Waals surface area contributed by atoms with Crippen molar-refractivity contribution in [3.63, 3.8) is 0 Å². The molecule has 0 N–H and O–H groups in total. The highest BCUT2D eigenvalue weighted by molar-refractivity contribution is 6.17. The highest BCUT2D eigenvalue weighted by Gasteiger charge is 2.17. The Morgan fingerprint density at radius 1 is 0.420 bits per heavy atom. The maximum absolute atomic E-state index is 8.58. The Morgan fingerprint density at radius 3 is 1.62 bits per heavy atom. The molecule has 7 aromatic carbocycles. The lowest BCUT2D eigenvalue weighted by molar-refractivity contribution is 0.669. The summed E-state index contributed by atoms with van der Waals surface area (Å²) in [5.74, 6) is -0.630. The zero-order chi connectivity index (χ0) is 41.7. The molecule has 10 aromatic rings. The fourth-order valence-electron chi connectivity index (χ4n) is 6.53. The Kier molecular flexibility index (Phi) is 4.52. The fourth-order valence-corrected chi connectivity index (χ4v) is 6.53. The number of para-hydroxylation sites is 2. The number of aromatic nitrogens is 4. The first-order valence-electron chi connectivity index (χ1n) is 20.9. The van der Waals surface area contributed by atoms with E-state index in [4.69, 9.17) is 18.1 Å². The van der Waals surface area contributed by atoms with Gasteiger partial charge in [-0.3, -0.25) is 0 Å². The smallest absolute Gasteiger partial charge is 0.164 e. The summed E-state index contributed by atoms with van der Waals surface area (Å²) in [6, 6.07) is 30.2. The van der Waals surface area contributed by atoms with Gasteiger partial charge in [0.15, 0.2) is 17.5 Å². The van der Waals surface area contributed by atoms with Crippen molar-refractivity contribution in [1.82, 2.24) is 19.5 Å². The second-order valence-corrected chi connectivity index (χ2v) is 11.7. The Morgan fingerprint density at radius 2 is 0.960 bits per heavy atom. The first kappa shape index (κ1) is 19.8. The van der Waals surface area contributed by atoms with Crippen molar-refractivity contribution in [1.29, 1.82) is 0 Å². The maximum Gasteiger partial charge on any atom is 0.164 e. The van der Waals surface area contributed by atoms with Gasteiger partial charge in [-0.05, 0) is 41.5 Å². The number of hydrogen-bond donors (Lipinski definition) is 0. The van der Waals surface area contributed by atoms with Gasteiger partial charge in [0.05, 0.1) is 24.7 Å². The largest absolute Gasteiger partial charge is 0.456 e. The normalized spacial score (nSPS) is 14.4. The van der Waals surface area contributed by atoms with Crippen LogP contribution in [0.2, 0.25) is 0 Å². The third-order valence-corrected chi connectivity index (χ3v) is 8.86. The molecule has 0 aliphatic rings. The van der Waals surface area contributed by atoms with Gasteiger partial charge in [0.2, 0.25) is 0 Å². The Hall–Kier alpha value is -6.85. The molecule has 0 unspecified atom stereocenters. The number of nitrogens with zero attached hydrogens (tertiary/aromatic N) is 4. The van der Waals surface area contributed by atoms with Crippen LogP contribution >= 0.6 is 0 Å². The van der Waals surface area contributed by atoms with Gasteiger partial charge >= 0.3 is 0 Å². The van der Waals surface area contributed by atoms with Crippen molar-refractivity contribution in [3.05, 3.63) is 170 Å². The minimum absolute atomic E-state index is 0.000412. The average Bonchev–Trinajstić information content (AvgIpc) is 3.80. The second kappa shape index (κ2) is 11.4. The van der Waals surface area contributed by atoms with Crippen molar-refractivity contribution in [3.8, 4) is 51.0 Å². The van der Waals surface area contributed by atoms with Crippen LogP contribution in [0.5, 0.6) is 0 Å². The van der Waals surface area contributed by atoms with Gasteiger partial charge in [-0.1, -0.05) is 133 Å². The molecule has 0 amide bonds. The summed E-state index contributed by atoms with van der Waals surface area (Å²) in [5.41, 5.74) is 6.27. The molecule has 0 bridgehead atoms. The Bertz CT molecular complexity index is 3290. The van der Waals surface area contributed by atoms with Crippen molar-refractivity contribution in [2.75, 3.05) is 0 Å². The van der Waals surface area contributed by atoms with Crippen LogP contribution in [0.15, 0.2) is 174 Å². The first-order valence-corrected chi connectivity index (χ1v) is 15.9. The Balaban J connectivity index is 1.06. The molecular formula is C45H28N4O. The van der Waals surface area contributed by atoms with E-state index in [2.05, 4.69) is 62.0 Å². The third kappa shape index (κ3) is 4.67. The van der Waals surface area contributed by atoms with Gasteiger partial charge in [0.25, 0.3) is 0 Å². The molecule has 234 valence electrons. The molecule has 0 spiro atoms. The van der Waals surface area contributed by atoms with Crippen molar-refractivity contribution in [2.45, 2.75) is 0 Å². The standard InChI is InChI=1S/C45H28N4O/c1-3-11-31(12-4-1)43-46-44(32-13-5-2-6-14-32)48-45(47-43)33-21-19-29(20-22-33)30-23-25-34(26-24-30)49-39-17-9-7-15-35(39)37-27-38-36-16-8-10-18-41(36)50-42(38)28-40(37)49/h1-28H/i1D,2D,3D,4D,5D,6D,11D,12D,13D,14D. The zero-order valence-corrected chi connectivity index (χ0v) is 26.1. The van der Waals surface area contributed by atoms with E-state index in [1.807, 2.05) is 54.6 Å². The monoisotopic (exact) mass is 650 g/mol. The van der Waals surface area contributed by atoms with E-state index in [9.17, 15) is 0 Å². The molecule has 0 fully saturated rings. The van der Waals surface area contributed by atoms with E-state index >= 15 is 0 Å². The van der Waals surface area contributed by atoms with Crippen molar-refractivity contribution in [2.24, 2.45) is 0 Å². The van der Waals surface area contributed by atoms with E-state index in [1.165, 1.54) is 0 Å². The van der Waals surface area contributed by atoms with Gasteiger partial charge in [-0.25, -0.2) is 15.0 Å². The summed E-state index contributed by atoms with van der Waals surface area (Å²) < 4.78 is 91.9. The maximum atomic E-state index is 8.58. The van der Waals surface area contributed by atoms with Crippen LogP contribution < -0.4 is 0 Å². The van der Waals surface area contributed by atoms with Gasteiger partial charge in [0.1, 0.15) is 11.2 Å². The van der Waals surface area contributed by atoms with E-state index in [0.717, 1.165) is 60.6 Å². The zero-order valence-electron chi connectivity index (χ0n) is 36.1. The van der Waals surface area contributed by atoms with E-state index < -0.39 is 60.4 Å². The van der Waals surface area contributed by atoms with Gasteiger partial charge in [-0.15, -0.1) is 0 Å². The van der Waals surface area contributed by atoms with Gasteiger partial charge in [-0.2, -0.15) is 0 Å². The molecule has 0 saturated heterocycles. The molecular weight excluding hydrogens is 613 g/mol. The Labute approximate surface area is 301 Å². The predicted molar refractivity (Wildman–Crippen MR) is 203 cm³/mol. The van der Waals surface area contributed by atoms with Crippen LogP contribution in [0.25, 0.3) is 94.7 Å². The summed E-state index contributed by atoms with van der Waals surface area (Å²) in [4.78, 5) is 13.4. The third-order valence-electron chi connectivity index (χ3n) is 8.86. The van der Waals surface area contributed by atoms with E-state index in [1.54, 1.807) is 12.1 Å². The molecule has 50 heavy (non-hydrogen) atoms. The number of benzene rings is 7. The van der Waals surface area contributed by atoms with Crippen LogP contribution in [0, 0.1) is 0 Å². The van der Waals surface area contributed by atoms with Crippen LogP contribution in [-0.2, 0) is 0 Å². The molecule has 10 rings (SSSR count). The lowest BCUT2D eigenvalue weighted by Crippen LogP contribution is -2.00. The van der Waals surface area contributed by atoms with Gasteiger partial charge in [0, 0.05) is 50.0 Å². The number of rotatable bonds is 5. The van der Waals surface area contributed by atoms with Gasteiger partial charge < -0.3 is 8.98 Å². The highest BCUT2D eigenvalue weighted by atomic mass is 16.3. The van der Waals surface area contributed by atoms with Crippen LogP contribution in [0.4, 0.5) is 0 Å².